The molecule has 0 amide bonds. The standard InChI is InChI=1S/C26H22O4/c1-29-25(27)14-7-17-30-24-16-15-23(20-11-4-5-12-21(20)24)26(28)22-13-6-9-18-8-2-3-10-19(18)22/h2-6,8-13,15-16H,7,14,17H2,1H3. The minimum atomic E-state index is -0.250. The Morgan fingerprint density at radius 1 is 0.733 bits per heavy atom. The van der Waals surface area contributed by atoms with E-state index in [1.165, 1.54) is 7.11 Å². The van der Waals surface area contributed by atoms with Gasteiger partial charge in [0.05, 0.1) is 13.7 Å². The lowest BCUT2D eigenvalue weighted by molar-refractivity contribution is -0.140. The molecule has 4 aromatic carbocycles. The Morgan fingerprint density at radius 2 is 1.40 bits per heavy atom. The third kappa shape index (κ3) is 3.90. The van der Waals surface area contributed by atoms with E-state index < -0.39 is 0 Å². The smallest absolute Gasteiger partial charge is 0.305 e. The highest BCUT2D eigenvalue weighted by atomic mass is 16.5. The van der Waals surface area contributed by atoms with Gasteiger partial charge in [-0.05, 0) is 34.7 Å². The molecule has 4 rings (SSSR count). The number of methoxy groups -OCH3 is 1. The highest BCUT2D eigenvalue weighted by Crippen LogP contribution is 2.31. The van der Waals surface area contributed by atoms with Crippen molar-refractivity contribution < 1.29 is 19.1 Å². The number of ketones is 1. The van der Waals surface area contributed by atoms with E-state index in [4.69, 9.17) is 4.74 Å². The Hall–Kier alpha value is -3.66. The average molecular weight is 398 g/mol. The highest BCUT2D eigenvalue weighted by Gasteiger charge is 2.17. The van der Waals surface area contributed by atoms with Crippen LogP contribution in [0.1, 0.15) is 28.8 Å². The van der Waals surface area contributed by atoms with Crippen molar-refractivity contribution in [1.29, 1.82) is 0 Å². The summed E-state index contributed by atoms with van der Waals surface area (Å²) >= 11 is 0. The fourth-order valence-corrected chi connectivity index (χ4v) is 3.66. The zero-order chi connectivity index (χ0) is 20.9. The third-order valence-electron chi connectivity index (χ3n) is 5.17. The normalized spacial score (nSPS) is 10.8. The first-order chi connectivity index (χ1) is 14.7. The molecule has 4 aromatic rings. The van der Waals surface area contributed by atoms with Gasteiger partial charge in [0.1, 0.15) is 5.75 Å². The van der Waals surface area contributed by atoms with E-state index in [0.717, 1.165) is 21.5 Å². The molecule has 4 heteroatoms. The second-order valence-electron chi connectivity index (χ2n) is 7.04. The van der Waals surface area contributed by atoms with E-state index in [2.05, 4.69) is 4.74 Å². The zero-order valence-corrected chi connectivity index (χ0v) is 16.8. The first kappa shape index (κ1) is 19.6. The molecule has 0 fully saturated rings. The predicted octanol–water partition coefficient (Wildman–Crippen LogP) is 5.56. The quantitative estimate of drug-likeness (QED) is 0.232. The van der Waals surface area contributed by atoms with Gasteiger partial charge in [-0.25, -0.2) is 0 Å². The molecule has 0 heterocycles. The second-order valence-corrected chi connectivity index (χ2v) is 7.04. The van der Waals surface area contributed by atoms with Crippen LogP contribution in [0.5, 0.6) is 5.75 Å². The van der Waals surface area contributed by atoms with Crippen LogP contribution in [-0.2, 0) is 9.53 Å². The van der Waals surface area contributed by atoms with Crippen molar-refractivity contribution in [2.75, 3.05) is 13.7 Å². The first-order valence-electron chi connectivity index (χ1n) is 9.93. The molecule has 0 aliphatic rings. The van der Waals surface area contributed by atoms with Gasteiger partial charge in [-0.2, -0.15) is 0 Å². The molecule has 0 aliphatic carbocycles. The number of benzene rings is 4. The van der Waals surface area contributed by atoms with E-state index in [0.29, 0.717) is 36.3 Å². The summed E-state index contributed by atoms with van der Waals surface area (Å²) in [6, 6.07) is 25.1. The number of hydrogen-bond acceptors (Lipinski definition) is 4. The van der Waals surface area contributed by atoms with Crippen molar-refractivity contribution in [1.82, 2.24) is 0 Å². The summed E-state index contributed by atoms with van der Waals surface area (Å²) in [5.41, 5.74) is 1.33. The summed E-state index contributed by atoms with van der Waals surface area (Å²) in [6.07, 6.45) is 0.879. The van der Waals surface area contributed by atoms with E-state index in [1.807, 2.05) is 78.9 Å². The van der Waals surface area contributed by atoms with Crippen LogP contribution >= 0.6 is 0 Å². The summed E-state index contributed by atoms with van der Waals surface area (Å²) in [5.74, 6) is 0.435. The molecule has 0 saturated heterocycles. The van der Waals surface area contributed by atoms with Crippen LogP contribution in [0.3, 0.4) is 0 Å². The van der Waals surface area contributed by atoms with Crippen LogP contribution < -0.4 is 4.74 Å². The molecule has 0 saturated carbocycles. The number of rotatable bonds is 7. The van der Waals surface area contributed by atoms with Gasteiger partial charge in [0, 0.05) is 22.9 Å². The van der Waals surface area contributed by atoms with Gasteiger partial charge in [0.15, 0.2) is 5.78 Å². The van der Waals surface area contributed by atoms with Crippen LogP contribution in [0, 0.1) is 0 Å². The monoisotopic (exact) mass is 398 g/mol. The summed E-state index contributed by atoms with van der Waals surface area (Å²) in [6.45, 7) is 0.399. The van der Waals surface area contributed by atoms with Crippen molar-refractivity contribution in [2.24, 2.45) is 0 Å². The van der Waals surface area contributed by atoms with Crippen molar-refractivity contribution in [3.05, 3.63) is 90.0 Å². The van der Waals surface area contributed by atoms with Crippen molar-refractivity contribution in [3.63, 3.8) is 0 Å². The Labute approximate surface area is 175 Å². The van der Waals surface area contributed by atoms with Crippen LogP contribution in [0.25, 0.3) is 21.5 Å². The lowest BCUT2D eigenvalue weighted by atomic mass is 9.93. The number of carbonyl (C=O) groups excluding carboxylic acids is 2. The number of carbonyl (C=O) groups is 2. The van der Waals surface area contributed by atoms with Gasteiger partial charge in [-0.3, -0.25) is 9.59 Å². The lowest BCUT2D eigenvalue weighted by Gasteiger charge is -2.13. The third-order valence-corrected chi connectivity index (χ3v) is 5.17. The lowest BCUT2D eigenvalue weighted by Crippen LogP contribution is -2.06. The Balaban J connectivity index is 1.67. The SMILES string of the molecule is COC(=O)CCCOc1ccc(C(=O)c2cccc3ccccc23)c2ccccc12. The van der Waals surface area contributed by atoms with Gasteiger partial charge >= 0.3 is 5.97 Å². The summed E-state index contributed by atoms with van der Waals surface area (Å²) < 4.78 is 10.6. The maximum atomic E-state index is 13.5. The molecule has 0 spiro atoms. The Morgan fingerprint density at radius 3 is 2.20 bits per heavy atom. The molecule has 0 unspecified atom stereocenters. The first-order valence-corrected chi connectivity index (χ1v) is 9.93. The van der Waals surface area contributed by atoms with Crippen LogP contribution in [0.2, 0.25) is 0 Å². The van der Waals surface area contributed by atoms with E-state index in [9.17, 15) is 9.59 Å². The predicted molar refractivity (Wildman–Crippen MR) is 118 cm³/mol. The summed E-state index contributed by atoms with van der Waals surface area (Å²) in [7, 11) is 1.38. The number of fused-ring (bicyclic) bond motifs is 2. The molecule has 0 atom stereocenters. The number of ether oxygens (including phenoxy) is 2. The van der Waals surface area contributed by atoms with Gasteiger partial charge in [-0.15, -0.1) is 0 Å². The van der Waals surface area contributed by atoms with Crippen molar-refractivity contribution in [2.45, 2.75) is 12.8 Å². The molecule has 30 heavy (non-hydrogen) atoms. The topological polar surface area (TPSA) is 52.6 Å². The average Bonchev–Trinajstić information content (AvgIpc) is 2.80. The maximum absolute atomic E-state index is 13.5. The molecule has 150 valence electrons. The van der Waals surface area contributed by atoms with Gasteiger partial charge in [0.2, 0.25) is 0 Å². The Bertz CT molecular complexity index is 1220. The maximum Gasteiger partial charge on any atom is 0.305 e. The molecule has 0 bridgehead atoms. The van der Waals surface area contributed by atoms with E-state index in [-0.39, 0.29) is 11.8 Å². The van der Waals surface area contributed by atoms with Gasteiger partial charge < -0.3 is 9.47 Å². The summed E-state index contributed by atoms with van der Waals surface area (Å²) in [4.78, 5) is 24.7. The van der Waals surface area contributed by atoms with Crippen LogP contribution in [0.4, 0.5) is 0 Å². The number of esters is 1. The van der Waals surface area contributed by atoms with Gasteiger partial charge in [-0.1, -0.05) is 66.7 Å². The Kier molecular flexibility index (Phi) is 5.75. The summed E-state index contributed by atoms with van der Waals surface area (Å²) in [5, 5.41) is 3.71. The van der Waals surface area contributed by atoms with Crippen LogP contribution in [-0.4, -0.2) is 25.5 Å². The van der Waals surface area contributed by atoms with Crippen molar-refractivity contribution in [3.8, 4) is 5.75 Å². The molecule has 0 aromatic heterocycles. The molecular weight excluding hydrogens is 376 g/mol. The zero-order valence-electron chi connectivity index (χ0n) is 16.8. The minimum Gasteiger partial charge on any atom is -0.493 e. The molecular formula is C26H22O4. The largest absolute Gasteiger partial charge is 0.493 e. The van der Waals surface area contributed by atoms with E-state index >= 15 is 0 Å². The minimum absolute atomic E-state index is 0.0137. The van der Waals surface area contributed by atoms with Crippen LogP contribution in [0.15, 0.2) is 78.9 Å². The van der Waals surface area contributed by atoms with Gasteiger partial charge in [0.25, 0.3) is 0 Å². The molecule has 0 N–H and O–H groups in total. The molecule has 4 nitrogen and oxygen atoms in total. The molecule has 0 aliphatic heterocycles. The fraction of sp³-hybridized carbons (Fsp3) is 0.154. The molecule has 0 radical (unpaired) electrons. The fourth-order valence-electron chi connectivity index (χ4n) is 3.66. The number of hydrogen-bond donors (Lipinski definition) is 0. The van der Waals surface area contributed by atoms with E-state index in [1.54, 1.807) is 0 Å². The highest BCUT2D eigenvalue weighted by molar-refractivity contribution is 6.21. The second kappa shape index (κ2) is 8.78. The van der Waals surface area contributed by atoms with Crippen molar-refractivity contribution >= 4 is 33.3 Å².